The van der Waals surface area contributed by atoms with Crippen LogP contribution in [0.2, 0.25) is 0 Å². The summed E-state index contributed by atoms with van der Waals surface area (Å²) in [5, 5.41) is 2.58. The van der Waals surface area contributed by atoms with E-state index >= 15 is 0 Å². The van der Waals surface area contributed by atoms with Gasteiger partial charge in [-0.25, -0.2) is 18.0 Å². The van der Waals surface area contributed by atoms with Gasteiger partial charge in [-0.3, -0.25) is 4.98 Å². The van der Waals surface area contributed by atoms with Crippen LogP contribution in [0.15, 0.2) is 60.9 Å². The molecule has 1 N–H and O–H groups in total. The summed E-state index contributed by atoms with van der Waals surface area (Å²) in [6.45, 7) is 0. The van der Waals surface area contributed by atoms with Crippen LogP contribution in [-0.4, -0.2) is 11.1 Å². The van der Waals surface area contributed by atoms with Gasteiger partial charge in [0.1, 0.15) is 11.9 Å². The Kier molecular flexibility index (Phi) is 4.92. The van der Waals surface area contributed by atoms with Gasteiger partial charge in [0, 0.05) is 23.5 Å². The Morgan fingerprint density at radius 3 is 2.59 bits per heavy atom. The number of amides is 1. The lowest BCUT2D eigenvalue weighted by Crippen LogP contribution is -2.20. The SMILES string of the molecule is O=C1N[C@H](c2cncc(C#Cc3ccccc3F)c2)[C@@H](c2cccc(F)c2F)O1. The summed E-state index contributed by atoms with van der Waals surface area (Å²) in [4.78, 5) is 15.9. The summed E-state index contributed by atoms with van der Waals surface area (Å²) in [5.74, 6) is 2.98. The minimum absolute atomic E-state index is 0.0869. The molecule has 0 bridgehead atoms. The minimum Gasteiger partial charge on any atom is -0.439 e. The third-order valence-electron chi connectivity index (χ3n) is 4.43. The van der Waals surface area contributed by atoms with E-state index in [1.54, 1.807) is 24.3 Å². The van der Waals surface area contributed by atoms with Crippen molar-refractivity contribution >= 4 is 6.09 Å². The monoisotopic (exact) mass is 394 g/mol. The first-order valence-corrected chi connectivity index (χ1v) is 8.65. The number of hydrogen-bond donors (Lipinski definition) is 1. The maximum Gasteiger partial charge on any atom is 0.408 e. The van der Waals surface area contributed by atoms with Crippen molar-refractivity contribution in [1.82, 2.24) is 10.3 Å². The van der Waals surface area contributed by atoms with Crippen LogP contribution in [-0.2, 0) is 4.74 Å². The smallest absolute Gasteiger partial charge is 0.408 e. The van der Waals surface area contributed by atoms with Gasteiger partial charge in [0.15, 0.2) is 17.7 Å². The predicted octanol–water partition coefficient (Wildman–Crippen LogP) is 4.42. The highest BCUT2D eigenvalue weighted by molar-refractivity contribution is 5.71. The molecule has 2 atom stereocenters. The number of carbonyl (C=O) groups is 1. The molecule has 7 heteroatoms. The molecule has 0 radical (unpaired) electrons. The number of halogens is 3. The standard InChI is InChI=1S/C22H13F3N2O2/c23-17-6-2-1-4-14(17)9-8-13-10-15(12-26-11-13)20-21(29-22(28)27-20)16-5-3-7-18(24)19(16)25/h1-7,10-12,20-21H,(H,27,28)/t20-,21-/m1/s1. The molecule has 3 aromatic rings. The third kappa shape index (κ3) is 3.78. The third-order valence-corrected chi connectivity index (χ3v) is 4.43. The van der Waals surface area contributed by atoms with Crippen molar-refractivity contribution in [3.05, 3.63) is 101 Å². The summed E-state index contributed by atoms with van der Waals surface area (Å²) in [5.41, 5.74) is 1.10. The molecular formula is C22H13F3N2O2. The summed E-state index contributed by atoms with van der Waals surface area (Å²) >= 11 is 0. The maximum absolute atomic E-state index is 14.2. The van der Waals surface area contributed by atoms with E-state index < -0.39 is 35.7 Å². The van der Waals surface area contributed by atoms with E-state index in [0.29, 0.717) is 11.1 Å². The van der Waals surface area contributed by atoms with Crippen LogP contribution in [0.4, 0.5) is 18.0 Å². The summed E-state index contributed by atoms with van der Waals surface area (Å²) in [6.07, 6.45) is 1.12. The van der Waals surface area contributed by atoms with Crippen LogP contribution in [0.3, 0.4) is 0 Å². The number of aromatic nitrogens is 1. The molecule has 1 aromatic heterocycles. The molecule has 0 aliphatic carbocycles. The molecule has 1 amide bonds. The molecule has 29 heavy (non-hydrogen) atoms. The lowest BCUT2D eigenvalue weighted by Gasteiger charge is -2.18. The number of hydrogen-bond acceptors (Lipinski definition) is 3. The number of benzene rings is 2. The first-order chi connectivity index (χ1) is 14.0. The van der Waals surface area contributed by atoms with Crippen molar-refractivity contribution in [2.45, 2.75) is 12.1 Å². The molecule has 2 heterocycles. The Bertz CT molecular complexity index is 1150. The fraction of sp³-hybridized carbons (Fsp3) is 0.0909. The van der Waals surface area contributed by atoms with E-state index in [-0.39, 0.29) is 11.1 Å². The lowest BCUT2D eigenvalue weighted by atomic mass is 9.96. The zero-order valence-electron chi connectivity index (χ0n) is 14.8. The summed E-state index contributed by atoms with van der Waals surface area (Å²) in [6, 6.07) is 10.6. The van der Waals surface area contributed by atoms with Crippen molar-refractivity contribution in [2.75, 3.05) is 0 Å². The van der Waals surface area contributed by atoms with E-state index in [1.165, 1.54) is 30.6 Å². The summed E-state index contributed by atoms with van der Waals surface area (Å²) < 4.78 is 46.7. The Morgan fingerprint density at radius 2 is 1.76 bits per heavy atom. The molecule has 4 nitrogen and oxygen atoms in total. The fourth-order valence-corrected chi connectivity index (χ4v) is 3.06. The summed E-state index contributed by atoms with van der Waals surface area (Å²) in [7, 11) is 0. The van der Waals surface area contributed by atoms with Gasteiger partial charge in [0.05, 0.1) is 5.56 Å². The van der Waals surface area contributed by atoms with Crippen LogP contribution in [0.25, 0.3) is 0 Å². The van der Waals surface area contributed by atoms with Gasteiger partial charge < -0.3 is 10.1 Å². The van der Waals surface area contributed by atoms with Crippen LogP contribution < -0.4 is 5.32 Å². The van der Waals surface area contributed by atoms with Crippen molar-refractivity contribution in [3.8, 4) is 11.8 Å². The highest BCUT2D eigenvalue weighted by Gasteiger charge is 2.38. The molecule has 0 unspecified atom stereocenters. The van der Waals surface area contributed by atoms with E-state index in [0.717, 1.165) is 6.07 Å². The van der Waals surface area contributed by atoms with Crippen molar-refractivity contribution < 1.29 is 22.7 Å². The van der Waals surface area contributed by atoms with E-state index in [1.807, 2.05) is 0 Å². The fourth-order valence-electron chi connectivity index (χ4n) is 3.06. The number of carbonyl (C=O) groups excluding carboxylic acids is 1. The Morgan fingerprint density at radius 1 is 0.966 bits per heavy atom. The molecular weight excluding hydrogens is 381 g/mol. The van der Waals surface area contributed by atoms with Crippen LogP contribution >= 0.6 is 0 Å². The number of ether oxygens (including phenoxy) is 1. The van der Waals surface area contributed by atoms with Gasteiger partial charge >= 0.3 is 6.09 Å². The van der Waals surface area contributed by atoms with Gasteiger partial charge in [-0.05, 0) is 29.8 Å². The highest BCUT2D eigenvalue weighted by Crippen LogP contribution is 2.38. The molecule has 144 valence electrons. The van der Waals surface area contributed by atoms with Gasteiger partial charge in [0.25, 0.3) is 0 Å². The molecule has 1 aliphatic rings. The van der Waals surface area contributed by atoms with Crippen molar-refractivity contribution in [1.29, 1.82) is 0 Å². The number of nitrogens with zero attached hydrogens (tertiary/aromatic N) is 1. The highest BCUT2D eigenvalue weighted by atomic mass is 19.2. The van der Waals surface area contributed by atoms with Crippen molar-refractivity contribution in [2.24, 2.45) is 0 Å². The number of pyridine rings is 1. The quantitative estimate of drug-likeness (QED) is 0.655. The van der Waals surface area contributed by atoms with Crippen LogP contribution in [0.5, 0.6) is 0 Å². The Balaban J connectivity index is 1.67. The van der Waals surface area contributed by atoms with Gasteiger partial charge in [0.2, 0.25) is 0 Å². The van der Waals surface area contributed by atoms with Crippen LogP contribution in [0.1, 0.15) is 34.4 Å². The number of nitrogens with one attached hydrogen (secondary N) is 1. The molecule has 2 aromatic carbocycles. The van der Waals surface area contributed by atoms with Crippen LogP contribution in [0, 0.1) is 29.3 Å². The molecule has 0 saturated carbocycles. The van der Waals surface area contributed by atoms with Gasteiger partial charge in [-0.1, -0.05) is 36.1 Å². The molecule has 4 rings (SSSR count). The number of rotatable bonds is 2. The number of cyclic esters (lactones) is 1. The average molecular weight is 394 g/mol. The van der Waals surface area contributed by atoms with E-state index in [2.05, 4.69) is 22.1 Å². The van der Waals surface area contributed by atoms with E-state index in [9.17, 15) is 18.0 Å². The Labute approximate surface area is 164 Å². The molecule has 1 fully saturated rings. The van der Waals surface area contributed by atoms with Gasteiger partial charge in [-0.15, -0.1) is 0 Å². The molecule has 0 spiro atoms. The van der Waals surface area contributed by atoms with E-state index in [4.69, 9.17) is 4.74 Å². The largest absolute Gasteiger partial charge is 0.439 e. The number of alkyl carbamates (subject to hydrolysis) is 1. The first-order valence-electron chi connectivity index (χ1n) is 8.65. The predicted molar refractivity (Wildman–Crippen MR) is 98.1 cm³/mol. The second kappa shape index (κ2) is 7.68. The average Bonchev–Trinajstić information content (AvgIpc) is 3.11. The Hall–Kier alpha value is -3.79. The lowest BCUT2D eigenvalue weighted by molar-refractivity contribution is 0.129. The topological polar surface area (TPSA) is 51.2 Å². The molecule has 1 aliphatic heterocycles. The zero-order valence-corrected chi connectivity index (χ0v) is 14.8. The van der Waals surface area contributed by atoms with Gasteiger partial charge in [-0.2, -0.15) is 0 Å². The molecule has 1 saturated heterocycles. The van der Waals surface area contributed by atoms with Crippen molar-refractivity contribution in [3.63, 3.8) is 0 Å². The maximum atomic E-state index is 14.2. The minimum atomic E-state index is -1.08. The zero-order chi connectivity index (χ0) is 20.4. The first kappa shape index (κ1) is 18.6. The second-order valence-corrected chi connectivity index (χ2v) is 6.33. The second-order valence-electron chi connectivity index (χ2n) is 6.33. The normalized spacial score (nSPS) is 17.8.